The van der Waals surface area contributed by atoms with Gasteiger partial charge in [0.2, 0.25) is 5.91 Å². The third-order valence-corrected chi connectivity index (χ3v) is 2.98. The molecule has 76 valence electrons. The molecule has 2 rings (SSSR count). The molecule has 0 saturated carbocycles. The van der Waals surface area contributed by atoms with Crippen LogP contribution in [-0.4, -0.2) is 40.0 Å². The number of hydrogen-bond donors (Lipinski definition) is 1. The van der Waals surface area contributed by atoms with Crippen LogP contribution >= 0.6 is 23.1 Å². The van der Waals surface area contributed by atoms with Crippen molar-refractivity contribution in [3.8, 4) is 0 Å². The molecule has 0 aliphatic carbocycles. The van der Waals surface area contributed by atoms with Crippen molar-refractivity contribution in [2.75, 3.05) is 19.6 Å². The Morgan fingerprint density at radius 2 is 2.50 bits per heavy atom. The highest BCUT2D eigenvalue weighted by atomic mass is 35.5. The maximum absolute atomic E-state index is 11.1. The second kappa shape index (κ2) is 4.20. The van der Waals surface area contributed by atoms with Crippen molar-refractivity contribution in [3.05, 3.63) is 10.0 Å². The summed E-state index contributed by atoms with van der Waals surface area (Å²) in [6.45, 7) is 2.53. The molecule has 1 aliphatic heterocycles. The molecule has 1 aromatic heterocycles. The molecule has 0 atom stereocenters. The molecule has 7 heteroatoms. The van der Waals surface area contributed by atoms with E-state index in [2.05, 4.69) is 14.9 Å². The van der Waals surface area contributed by atoms with Gasteiger partial charge in [-0.05, 0) is 0 Å². The highest BCUT2D eigenvalue weighted by Crippen LogP contribution is 2.18. The Labute approximate surface area is 90.2 Å². The monoisotopic (exact) mass is 232 g/mol. The van der Waals surface area contributed by atoms with Crippen LogP contribution in [0.15, 0.2) is 0 Å². The summed E-state index contributed by atoms with van der Waals surface area (Å²) in [5.41, 5.74) is 0.756. The van der Waals surface area contributed by atoms with Gasteiger partial charge in [0.1, 0.15) is 10.0 Å². The van der Waals surface area contributed by atoms with Crippen molar-refractivity contribution in [1.82, 2.24) is 19.8 Å². The number of halogens is 1. The van der Waals surface area contributed by atoms with Crippen molar-refractivity contribution in [2.45, 2.75) is 6.54 Å². The van der Waals surface area contributed by atoms with Crippen LogP contribution in [0.2, 0.25) is 4.34 Å². The van der Waals surface area contributed by atoms with E-state index in [0.717, 1.165) is 12.2 Å². The summed E-state index contributed by atoms with van der Waals surface area (Å²) in [5, 5.41) is 6.66. The Bertz CT molecular complexity index is 342. The number of carbonyl (C=O) groups is 1. The predicted molar refractivity (Wildman–Crippen MR) is 53.2 cm³/mol. The number of piperazine rings is 1. The van der Waals surface area contributed by atoms with Gasteiger partial charge >= 0.3 is 0 Å². The summed E-state index contributed by atoms with van der Waals surface area (Å²) < 4.78 is 4.35. The van der Waals surface area contributed by atoms with Gasteiger partial charge in [-0.1, -0.05) is 16.1 Å². The van der Waals surface area contributed by atoms with Crippen LogP contribution in [0.4, 0.5) is 0 Å². The number of nitrogens with zero attached hydrogens (tertiary/aromatic N) is 3. The van der Waals surface area contributed by atoms with Crippen molar-refractivity contribution in [1.29, 1.82) is 0 Å². The fourth-order valence-electron chi connectivity index (χ4n) is 1.33. The van der Waals surface area contributed by atoms with E-state index in [4.69, 9.17) is 11.6 Å². The van der Waals surface area contributed by atoms with Crippen LogP contribution in [0.5, 0.6) is 0 Å². The highest BCUT2D eigenvalue weighted by molar-refractivity contribution is 7.10. The van der Waals surface area contributed by atoms with Gasteiger partial charge in [-0.25, -0.2) is 0 Å². The Morgan fingerprint density at radius 3 is 3.14 bits per heavy atom. The average molecular weight is 233 g/mol. The van der Waals surface area contributed by atoms with E-state index in [1.807, 2.05) is 4.90 Å². The fraction of sp³-hybridized carbons (Fsp3) is 0.571. The zero-order valence-electron chi connectivity index (χ0n) is 7.36. The minimum atomic E-state index is 0.0514. The van der Waals surface area contributed by atoms with Gasteiger partial charge in [-0.3, -0.25) is 9.69 Å². The molecule has 5 nitrogen and oxygen atoms in total. The second-order valence-corrected chi connectivity index (χ2v) is 4.41. The summed E-state index contributed by atoms with van der Waals surface area (Å²) in [6.07, 6.45) is 0. The summed E-state index contributed by atoms with van der Waals surface area (Å²) in [7, 11) is 0. The first kappa shape index (κ1) is 9.82. The largest absolute Gasteiger partial charge is 0.354 e. The lowest BCUT2D eigenvalue weighted by Crippen LogP contribution is -2.47. The molecule has 0 aromatic carbocycles. The maximum atomic E-state index is 11.1. The maximum Gasteiger partial charge on any atom is 0.234 e. The predicted octanol–water partition coefficient (Wildman–Crippen LogP) is 0.123. The summed E-state index contributed by atoms with van der Waals surface area (Å²) >= 11 is 7.03. The molecular weight excluding hydrogens is 224 g/mol. The average Bonchev–Trinajstić information content (AvgIpc) is 2.52. The first-order valence-electron chi connectivity index (χ1n) is 4.21. The molecule has 2 heterocycles. The zero-order chi connectivity index (χ0) is 9.97. The molecule has 0 radical (unpaired) electrons. The van der Waals surface area contributed by atoms with Gasteiger partial charge in [-0.15, -0.1) is 5.10 Å². The van der Waals surface area contributed by atoms with Gasteiger partial charge in [0.05, 0.1) is 6.54 Å². The first-order chi connectivity index (χ1) is 6.75. The normalized spacial score (nSPS) is 18.2. The molecule has 1 amide bonds. The van der Waals surface area contributed by atoms with Gasteiger partial charge in [0.25, 0.3) is 0 Å². The Hall–Kier alpha value is -0.720. The van der Waals surface area contributed by atoms with E-state index in [9.17, 15) is 4.79 Å². The quantitative estimate of drug-likeness (QED) is 0.787. The summed E-state index contributed by atoms with van der Waals surface area (Å²) in [4.78, 5) is 13.1. The number of nitrogens with one attached hydrogen (secondary N) is 1. The Kier molecular flexibility index (Phi) is 2.95. The molecule has 14 heavy (non-hydrogen) atoms. The van der Waals surface area contributed by atoms with Crippen molar-refractivity contribution >= 4 is 29.0 Å². The van der Waals surface area contributed by atoms with Crippen molar-refractivity contribution in [2.24, 2.45) is 0 Å². The molecule has 1 saturated heterocycles. The molecular formula is C7H9ClN4OS. The smallest absolute Gasteiger partial charge is 0.234 e. The minimum Gasteiger partial charge on any atom is -0.354 e. The van der Waals surface area contributed by atoms with Crippen molar-refractivity contribution < 1.29 is 4.79 Å². The van der Waals surface area contributed by atoms with E-state index >= 15 is 0 Å². The van der Waals surface area contributed by atoms with Gasteiger partial charge in [-0.2, -0.15) is 0 Å². The summed E-state index contributed by atoms with van der Waals surface area (Å²) in [6, 6.07) is 0. The molecule has 1 aromatic rings. The van der Waals surface area contributed by atoms with Crippen LogP contribution in [0.25, 0.3) is 0 Å². The molecule has 1 fully saturated rings. The van der Waals surface area contributed by atoms with Gasteiger partial charge < -0.3 is 5.32 Å². The molecule has 1 N–H and O–H groups in total. The third kappa shape index (κ3) is 2.20. The van der Waals surface area contributed by atoms with Gasteiger partial charge in [0.15, 0.2) is 0 Å². The zero-order valence-corrected chi connectivity index (χ0v) is 8.94. The lowest BCUT2D eigenvalue weighted by Gasteiger charge is -2.25. The number of carbonyl (C=O) groups excluding carboxylic acids is 1. The highest BCUT2D eigenvalue weighted by Gasteiger charge is 2.18. The third-order valence-electron chi connectivity index (χ3n) is 2.00. The van der Waals surface area contributed by atoms with Crippen LogP contribution < -0.4 is 5.32 Å². The number of rotatable bonds is 2. The molecule has 0 unspecified atom stereocenters. The van der Waals surface area contributed by atoms with E-state index in [0.29, 0.717) is 24.0 Å². The standard InChI is InChI=1S/C7H9ClN4OS/c8-7-5(10-11-14-7)3-12-2-1-9-6(13)4-12/h1-4H2,(H,9,13). The Balaban J connectivity index is 1.97. The second-order valence-electron chi connectivity index (χ2n) is 3.05. The summed E-state index contributed by atoms with van der Waals surface area (Å²) in [5.74, 6) is 0.0514. The lowest BCUT2D eigenvalue weighted by molar-refractivity contribution is -0.124. The van der Waals surface area contributed by atoms with Crippen LogP contribution in [-0.2, 0) is 11.3 Å². The van der Waals surface area contributed by atoms with Gasteiger partial charge in [0, 0.05) is 31.2 Å². The van der Waals surface area contributed by atoms with Crippen LogP contribution in [0.1, 0.15) is 5.69 Å². The molecule has 0 spiro atoms. The lowest BCUT2D eigenvalue weighted by atomic mass is 10.3. The topological polar surface area (TPSA) is 58.1 Å². The van der Waals surface area contributed by atoms with E-state index in [1.54, 1.807) is 0 Å². The Morgan fingerprint density at radius 1 is 1.64 bits per heavy atom. The van der Waals surface area contributed by atoms with E-state index in [1.165, 1.54) is 11.5 Å². The fourth-order valence-corrected chi connectivity index (χ4v) is 1.94. The van der Waals surface area contributed by atoms with E-state index in [-0.39, 0.29) is 5.91 Å². The van der Waals surface area contributed by atoms with Crippen molar-refractivity contribution in [3.63, 3.8) is 0 Å². The molecule has 0 bridgehead atoms. The SMILES string of the molecule is O=C1CN(Cc2nnsc2Cl)CCN1. The van der Waals surface area contributed by atoms with E-state index < -0.39 is 0 Å². The molecule has 1 aliphatic rings. The van der Waals surface area contributed by atoms with Crippen LogP contribution in [0.3, 0.4) is 0 Å². The number of amides is 1. The minimum absolute atomic E-state index is 0.0514. The number of hydrogen-bond acceptors (Lipinski definition) is 5. The first-order valence-corrected chi connectivity index (χ1v) is 5.36. The number of aromatic nitrogens is 2. The van der Waals surface area contributed by atoms with Crippen LogP contribution in [0, 0.1) is 0 Å².